The van der Waals surface area contributed by atoms with Gasteiger partial charge in [0.1, 0.15) is 6.54 Å². The zero-order valence-corrected chi connectivity index (χ0v) is 11.8. The number of rotatable bonds is 5. The van der Waals surface area contributed by atoms with Gasteiger partial charge >= 0.3 is 0 Å². The predicted octanol–water partition coefficient (Wildman–Crippen LogP) is -1.14. The van der Waals surface area contributed by atoms with Gasteiger partial charge in [0, 0.05) is 0 Å². The third kappa shape index (κ3) is 2.38. The Balaban J connectivity index is 1.60. The Labute approximate surface area is 125 Å². The van der Waals surface area contributed by atoms with Gasteiger partial charge in [-0.3, -0.25) is 19.3 Å². The van der Waals surface area contributed by atoms with Gasteiger partial charge in [0.2, 0.25) is 17.7 Å². The number of nitrogens with one attached hydrogen (secondary N) is 1. The van der Waals surface area contributed by atoms with Gasteiger partial charge in [-0.15, -0.1) is 0 Å². The molecule has 0 aromatic carbocycles. The molecule has 0 aromatic heterocycles. The second-order valence-corrected chi connectivity index (χ2v) is 5.94. The molecule has 0 aliphatic carbocycles. The highest BCUT2D eigenvalue weighted by molar-refractivity contribution is 6.08. The molecule has 22 heavy (non-hydrogen) atoms. The van der Waals surface area contributed by atoms with Crippen LogP contribution < -0.4 is 11.1 Å². The number of fused-ring (bicyclic) bond motifs is 5. The van der Waals surface area contributed by atoms with Crippen molar-refractivity contribution in [2.75, 3.05) is 19.6 Å². The highest BCUT2D eigenvalue weighted by Gasteiger charge is 2.62. The summed E-state index contributed by atoms with van der Waals surface area (Å²) in [4.78, 5) is 37.1. The van der Waals surface area contributed by atoms with E-state index in [1.165, 1.54) is 0 Å². The fourth-order valence-electron chi connectivity index (χ4n) is 3.43. The number of likely N-dealkylation sites (tertiary alicyclic amines) is 1. The first-order chi connectivity index (χ1) is 10.3. The van der Waals surface area contributed by atoms with Gasteiger partial charge in [0.05, 0.1) is 37.1 Å². The first-order valence-corrected chi connectivity index (χ1v) is 7.19. The van der Waals surface area contributed by atoms with Crippen LogP contribution in [0, 0.1) is 11.8 Å². The summed E-state index contributed by atoms with van der Waals surface area (Å²) in [6.45, 7) is -2.34. The Hall–Kier alpha value is -1.61. The van der Waals surface area contributed by atoms with Crippen LogP contribution in [-0.2, 0) is 19.1 Å². The summed E-state index contributed by atoms with van der Waals surface area (Å²) in [6.07, 6.45) is 0.934. The third-order valence-corrected chi connectivity index (χ3v) is 4.52. The monoisotopic (exact) mass is 317 g/mol. The zero-order valence-electron chi connectivity index (χ0n) is 11.8. The first-order valence-electron chi connectivity index (χ1n) is 7.19. The standard InChI is InChI=1S/C13H17F2N3O4/c14-13(15,4-16)5-17-8(19)3-18-11(20)9-6-1-2-7(22-6)10(9)12(18)21/h6-7,9-10H,1-5,16H2,(H,17,19). The van der Waals surface area contributed by atoms with E-state index in [0.29, 0.717) is 0 Å². The Morgan fingerprint density at radius 3 is 2.32 bits per heavy atom. The van der Waals surface area contributed by atoms with Crippen LogP contribution in [0.5, 0.6) is 0 Å². The lowest BCUT2D eigenvalue weighted by molar-refractivity contribution is -0.146. The molecule has 4 unspecified atom stereocenters. The van der Waals surface area contributed by atoms with Crippen molar-refractivity contribution in [3.05, 3.63) is 0 Å². The molecule has 0 radical (unpaired) electrons. The number of nitrogens with zero attached hydrogens (tertiary/aromatic N) is 1. The van der Waals surface area contributed by atoms with Gasteiger partial charge in [-0.25, -0.2) is 8.78 Å². The summed E-state index contributed by atoms with van der Waals surface area (Å²) in [5, 5.41) is 2.00. The summed E-state index contributed by atoms with van der Waals surface area (Å²) in [7, 11) is 0. The SMILES string of the molecule is NCC(F)(F)CNC(=O)CN1C(=O)C2C3CCC(O3)C2C1=O. The molecule has 3 saturated heterocycles. The topological polar surface area (TPSA) is 102 Å². The molecular formula is C13H17F2N3O4. The van der Waals surface area contributed by atoms with Crippen molar-refractivity contribution >= 4 is 17.7 Å². The lowest BCUT2D eigenvalue weighted by Gasteiger charge is -2.18. The van der Waals surface area contributed by atoms with Crippen molar-refractivity contribution in [1.29, 1.82) is 0 Å². The van der Waals surface area contributed by atoms with Crippen LogP contribution in [0.2, 0.25) is 0 Å². The van der Waals surface area contributed by atoms with E-state index in [-0.39, 0.29) is 12.2 Å². The Morgan fingerprint density at radius 1 is 1.27 bits per heavy atom. The summed E-state index contributed by atoms with van der Waals surface area (Å²) < 4.78 is 31.5. The maximum Gasteiger partial charge on any atom is 0.277 e. The van der Waals surface area contributed by atoms with Crippen LogP contribution in [0.3, 0.4) is 0 Å². The highest BCUT2D eigenvalue weighted by Crippen LogP contribution is 2.48. The molecule has 3 fully saturated rings. The number of amides is 3. The van der Waals surface area contributed by atoms with Crippen LogP contribution in [0.4, 0.5) is 8.78 Å². The van der Waals surface area contributed by atoms with Gasteiger partial charge in [0.25, 0.3) is 5.92 Å². The number of carbonyl (C=O) groups is 3. The van der Waals surface area contributed by atoms with E-state index in [9.17, 15) is 23.2 Å². The van der Waals surface area contributed by atoms with Crippen LogP contribution in [0.15, 0.2) is 0 Å². The Morgan fingerprint density at radius 2 is 1.82 bits per heavy atom. The molecule has 3 rings (SSSR count). The Kier molecular flexibility index (Phi) is 3.64. The average molecular weight is 317 g/mol. The number of halogens is 2. The molecule has 0 aromatic rings. The molecule has 3 amide bonds. The van der Waals surface area contributed by atoms with Crippen molar-refractivity contribution in [3.8, 4) is 0 Å². The molecule has 3 aliphatic rings. The van der Waals surface area contributed by atoms with Crippen LogP contribution >= 0.6 is 0 Å². The summed E-state index contributed by atoms with van der Waals surface area (Å²) in [5.41, 5.74) is 4.87. The fourth-order valence-corrected chi connectivity index (χ4v) is 3.43. The van der Waals surface area contributed by atoms with Crippen molar-refractivity contribution in [2.24, 2.45) is 17.6 Å². The summed E-state index contributed by atoms with van der Waals surface area (Å²) >= 11 is 0. The number of hydrogen-bond acceptors (Lipinski definition) is 5. The minimum atomic E-state index is -3.21. The number of ether oxygens (including phenoxy) is 1. The van der Waals surface area contributed by atoms with Crippen LogP contribution in [-0.4, -0.2) is 60.4 Å². The van der Waals surface area contributed by atoms with Crippen molar-refractivity contribution in [3.63, 3.8) is 0 Å². The number of alkyl halides is 2. The number of nitrogens with two attached hydrogens (primary N) is 1. The molecule has 2 bridgehead atoms. The normalized spacial score (nSPS) is 33.5. The molecule has 0 saturated carbocycles. The van der Waals surface area contributed by atoms with Crippen LogP contribution in [0.25, 0.3) is 0 Å². The molecule has 0 spiro atoms. The first kappa shape index (κ1) is 15.3. The minimum Gasteiger partial charge on any atom is -0.373 e. The Bertz CT molecular complexity index is 499. The van der Waals surface area contributed by atoms with E-state index in [0.717, 1.165) is 17.7 Å². The molecule has 4 atom stereocenters. The maximum atomic E-state index is 13.0. The molecule has 7 nitrogen and oxygen atoms in total. The second kappa shape index (κ2) is 5.24. The molecule has 9 heteroatoms. The highest BCUT2D eigenvalue weighted by atomic mass is 19.3. The van der Waals surface area contributed by atoms with Gasteiger partial charge in [0.15, 0.2) is 0 Å². The van der Waals surface area contributed by atoms with Gasteiger partial charge in [-0.2, -0.15) is 0 Å². The molecule has 3 N–H and O–H groups in total. The molecule has 3 heterocycles. The molecule has 3 aliphatic heterocycles. The lowest BCUT2D eigenvalue weighted by atomic mass is 9.81. The lowest BCUT2D eigenvalue weighted by Crippen LogP contribution is -2.47. The van der Waals surface area contributed by atoms with Gasteiger partial charge in [-0.1, -0.05) is 0 Å². The van der Waals surface area contributed by atoms with Gasteiger partial charge < -0.3 is 15.8 Å². The number of imide groups is 1. The van der Waals surface area contributed by atoms with E-state index < -0.39 is 55.1 Å². The molecule has 122 valence electrons. The summed E-state index contributed by atoms with van der Waals surface area (Å²) in [6, 6.07) is 0. The second-order valence-electron chi connectivity index (χ2n) is 5.94. The maximum absolute atomic E-state index is 13.0. The van der Waals surface area contributed by atoms with Crippen molar-refractivity contribution in [2.45, 2.75) is 31.0 Å². The van der Waals surface area contributed by atoms with Gasteiger partial charge in [-0.05, 0) is 12.8 Å². The minimum absolute atomic E-state index is 0.263. The van der Waals surface area contributed by atoms with Crippen LogP contribution in [0.1, 0.15) is 12.8 Å². The molecular weight excluding hydrogens is 300 g/mol. The average Bonchev–Trinajstić information content (AvgIpc) is 3.15. The van der Waals surface area contributed by atoms with E-state index in [1.807, 2.05) is 5.32 Å². The van der Waals surface area contributed by atoms with E-state index in [1.54, 1.807) is 0 Å². The number of carbonyl (C=O) groups excluding carboxylic acids is 3. The quantitative estimate of drug-likeness (QED) is 0.624. The van der Waals surface area contributed by atoms with E-state index >= 15 is 0 Å². The van der Waals surface area contributed by atoms with Crippen molar-refractivity contribution in [1.82, 2.24) is 10.2 Å². The van der Waals surface area contributed by atoms with Crippen molar-refractivity contribution < 1.29 is 27.9 Å². The largest absolute Gasteiger partial charge is 0.373 e. The zero-order chi connectivity index (χ0) is 16.1. The predicted molar refractivity (Wildman–Crippen MR) is 68.6 cm³/mol. The smallest absolute Gasteiger partial charge is 0.277 e. The number of hydrogen-bond donors (Lipinski definition) is 2. The summed E-state index contributed by atoms with van der Waals surface area (Å²) in [5.74, 6) is -5.94. The third-order valence-electron chi connectivity index (χ3n) is 4.52. The van der Waals surface area contributed by atoms with E-state index in [2.05, 4.69) is 0 Å². The van der Waals surface area contributed by atoms with E-state index in [4.69, 9.17) is 10.5 Å². The fraction of sp³-hybridized carbons (Fsp3) is 0.769.